The molecule has 0 aliphatic heterocycles. The lowest BCUT2D eigenvalue weighted by Crippen LogP contribution is -2.24. The molecule has 82 valence electrons. The Morgan fingerprint density at radius 1 is 1.31 bits per heavy atom. The summed E-state index contributed by atoms with van der Waals surface area (Å²) in [5.41, 5.74) is 2.68. The van der Waals surface area contributed by atoms with Crippen LogP contribution in [0.15, 0.2) is 18.2 Å². The van der Waals surface area contributed by atoms with Crippen molar-refractivity contribution >= 4 is 5.69 Å². The summed E-state index contributed by atoms with van der Waals surface area (Å²) < 4.78 is 0. The van der Waals surface area contributed by atoms with Crippen LogP contribution in [0.25, 0.3) is 0 Å². The van der Waals surface area contributed by atoms with Gasteiger partial charge in [0.15, 0.2) is 0 Å². The van der Waals surface area contributed by atoms with Crippen LogP contribution in [-0.2, 0) is 0 Å². The van der Waals surface area contributed by atoms with Gasteiger partial charge in [0.1, 0.15) is 6.07 Å². The molecule has 0 spiro atoms. The molecule has 0 radical (unpaired) electrons. The molecule has 1 rings (SSSR count). The van der Waals surface area contributed by atoms with Gasteiger partial charge in [-0.05, 0) is 31.5 Å². The fraction of sp³-hybridized carbons (Fsp3) is 0.385. The average molecular weight is 213 g/mol. The van der Waals surface area contributed by atoms with Gasteiger partial charge in [-0.15, -0.1) is 0 Å². The van der Waals surface area contributed by atoms with Gasteiger partial charge in [0.2, 0.25) is 0 Å². The van der Waals surface area contributed by atoms with Crippen molar-refractivity contribution in [2.45, 2.75) is 20.3 Å². The first-order valence-electron chi connectivity index (χ1n) is 5.35. The van der Waals surface area contributed by atoms with E-state index in [-0.39, 0.29) is 0 Å². The van der Waals surface area contributed by atoms with Crippen molar-refractivity contribution in [3.63, 3.8) is 0 Å². The Balaban J connectivity index is 3.01. The van der Waals surface area contributed by atoms with Crippen molar-refractivity contribution in [1.29, 1.82) is 10.5 Å². The second-order valence-electron chi connectivity index (χ2n) is 3.62. The second kappa shape index (κ2) is 5.78. The highest BCUT2D eigenvalue weighted by molar-refractivity contribution is 5.60. The first-order valence-corrected chi connectivity index (χ1v) is 5.35. The molecule has 16 heavy (non-hydrogen) atoms. The fourth-order valence-electron chi connectivity index (χ4n) is 1.65. The largest absolute Gasteiger partial charge is 0.370 e. The van der Waals surface area contributed by atoms with Crippen LogP contribution in [0.5, 0.6) is 0 Å². The molecule has 0 N–H and O–H groups in total. The third-order valence-corrected chi connectivity index (χ3v) is 2.49. The number of benzene rings is 1. The van der Waals surface area contributed by atoms with E-state index in [9.17, 15) is 0 Å². The predicted molar refractivity (Wildman–Crippen MR) is 64.0 cm³/mol. The molecule has 0 aromatic heterocycles. The van der Waals surface area contributed by atoms with Crippen molar-refractivity contribution < 1.29 is 0 Å². The van der Waals surface area contributed by atoms with E-state index in [1.54, 1.807) is 0 Å². The quantitative estimate of drug-likeness (QED) is 0.772. The van der Waals surface area contributed by atoms with Crippen LogP contribution in [0.4, 0.5) is 5.69 Å². The first kappa shape index (κ1) is 12.1. The molecule has 0 saturated carbocycles. The van der Waals surface area contributed by atoms with E-state index in [2.05, 4.69) is 17.0 Å². The molecular weight excluding hydrogens is 198 g/mol. The number of nitrogens with zero attached hydrogens (tertiary/aromatic N) is 3. The lowest BCUT2D eigenvalue weighted by molar-refractivity contribution is 0.825. The van der Waals surface area contributed by atoms with E-state index in [4.69, 9.17) is 10.5 Å². The normalized spacial score (nSPS) is 9.25. The third kappa shape index (κ3) is 2.74. The summed E-state index contributed by atoms with van der Waals surface area (Å²) in [4.78, 5) is 2.06. The molecule has 0 atom stereocenters. The van der Waals surface area contributed by atoms with E-state index < -0.39 is 0 Å². The van der Waals surface area contributed by atoms with E-state index in [0.29, 0.717) is 18.5 Å². The van der Waals surface area contributed by atoms with Crippen LogP contribution in [0.3, 0.4) is 0 Å². The van der Waals surface area contributed by atoms with Crippen molar-refractivity contribution in [3.8, 4) is 12.1 Å². The van der Waals surface area contributed by atoms with Crippen molar-refractivity contribution in [3.05, 3.63) is 29.3 Å². The second-order valence-corrected chi connectivity index (χ2v) is 3.62. The Kier molecular flexibility index (Phi) is 4.36. The third-order valence-electron chi connectivity index (χ3n) is 2.49. The Hall–Kier alpha value is -2.00. The Labute approximate surface area is 96.5 Å². The number of hydrogen-bond acceptors (Lipinski definition) is 3. The maximum absolute atomic E-state index is 9.07. The van der Waals surface area contributed by atoms with Crippen LogP contribution in [0, 0.1) is 29.6 Å². The molecule has 3 nitrogen and oxygen atoms in total. The van der Waals surface area contributed by atoms with Gasteiger partial charge in [-0.25, -0.2) is 0 Å². The zero-order valence-electron chi connectivity index (χ0n) is 9.70. The summed E-state index contributed by atoms with van der Waals surface area (Å²) in [7, 11) is 0. The molecule has 0 aliphatic carbocycles. The fourth-order valence-corrected chi connectivity index (χ4v) is 1.65. The highest BCUT2D eigenvalue weighted by Gasteiger charge is 2.09. The molecule has 0 bridgehead atoms. The molecule has 1 aromatic carbocycles. The number of nitriles is 2. The Bertz CT molecular complexity index is 437. The number of anilines is 1. The highest BCUT2D eigenvalue weighted by Crippen LogP contribution is 2.21. The van der Waals surface area contributed by atoms with Gasteiger partial charge in [-0.1, -0.05) is 6.07 Å². The minimum atomic E-state index is 0.479. The Morgan fingerprint density at radius 2 is 2.06 bits per heavy atom. The molecule has 0 saturated heterocycles. The minimum absolute atomic E-state index is 0.479. The zero-order valence-corrected chi connectivity index (χ0v) is 9.70. The van der Waals surface area contributed by atoms with Crippen molar-refractivity contribution in [2.75, 3.05) is 18.0 Å². The predicted octanol–water partition coefficient (Wildman–Crippen LogP) is 2.61. The van der Waals surface area contributed by atoms with Crippen molar-refractivity contribution in [1.82, 2.24) is 0 Å². The summed E-state index contributed by atoms with van der Waals surface area (Å²) in [6.45, 7) is 5.47. The maximum atomic E-state index is 9.07. The Morgan fingerprint density at radius 3 is 2.62 bits per heavy atom. The number of aryl methyl sites for hydroxylation is 1. The van der Waals surface area contributed by atoms with Gasteiger partial charge < -0.3 is 4.90 Å². The number of hydrogen-bond donors (Lipinski definition) is 0. The van der Waals surface area contributed by atoms with Crippen molar-refractivity contribution in [2.24, 2.45) is 0 Å². The molecular formula is C13H15N3. The molecule has 0 unspecified atom stereocenters. The van der Waals surface area contributed by atoms with E-state index in [1.165, 1.54) is 0 Å². The van der Waals surface area contributed by atoms with Gasteiger partial charge in [0, 0.05) is 13.1 Å². The summed E-state index contributed by atoms with van der Waals surface area (Å²) in [6, 6.07) is 10.2. The van der Waals surface area contributed by atoms with Gasteiger partial charge in [0.25, 0.3) is 0 Å². The highest BCUT2D eigenvalue weighted by atomic mass is 15.1. The summed E-state index contributed by atoms with van der Waals surface area (Å²) in [6.07, 6.45) is 0.479. The van der Waals surface area contributed by atoms with E-state index in [0.717, 1.165) is 17.8 Å². The molecule has 0 aliphatic rings. The smallest absolute Gasteiger partial charge is 0.101 e. The van der Waals surface area contributed by atoms with Gasteiger partial charge >= 0.3 is 0 Å². The molecule has 1 aromatic rings. The average Bonchev–Trinajstić information content (AvgIpc) is 2.31. The summed E-state index contributed by atoms with van der Waals surface area (Å²) in [5, 5.41) is 17.7. The molecule has 3 heteroatoms. The van der Waals surface area contributed by atoms with E-state index in [1.807, 2.05) is 32.0 Å². The molecule has 0 fully saturated rings. The minimum Gasteiger partial charge on any atom is -0.370 e. The standard InChI is InChI=1S/C13H15N3/c1-3-16(8-4-7-14)13-6-5-11(2)9-12(13)10-15/h5-6,9H,3-4,8H2,1-2H3. The van der Waals surface area contributed by atoms with Gasteiger partial charge in [-0.3, -0.25) is 0 Å². The summed E-state index contributed by atoms with van der Waals surface area (Å²) >= 11 is 0. The van der Waals surface area contributed by atoms with Gasteiger partial charge in [-0.2, -0.15) is 10.5 Å². The SMILES string of the molecule is CCN(CCC#N)c1ccc(C)cc1C#N. The van der Waals surface area contributed by atoms with Crippen LogP contribution >= 0.6 is 0 Å². The monoisotopic (exact) mass is 213 g/mol. The topological polar surface area (TPSA) is 50.8 Å². The lowest BCUT2D eigenvalue weighted by atomic mass is 10.1. The van der Waals surface area contributed by atoms with E-state index >= 15 is 0 Å². The maximum Gasteiger partial charge on any atom is 0.101 e. The van der Waals surface area contributed by atoms with Crippen LogP contribution < -0.4 is 4.90 Å². The molecule has 0 amide bonds. The zero-order chi connectivity index (χ0) is 12.0. The number of rotatable bonds is 4. The molecule has 0 heterocycles. The summed E-state index contributed by atoms with van der Waals surface area (Å²) in [5.74, 6) is 0. The lowest BCUT2D eigenvalue weighted by Gasteiger charge is -2.23. The van der Waals surface area contributed by atoms with Crippen LogP contribution in [0.2, 0.25) is 0 Å². The van der Waals surface area contributed by atoms with Crippen LogP contribution in [0.1, 0.15) is 24.5 Å². The van der Waals surface area contributed by atoms with Crippen LogP contribution in [-0.4, -0.2) is 13.1 Å². The van der Waals surface area contributed by atoms with Gasteiger partial charge in [0.05, 0.1) is 23.7 Å². The first-order chi connectivity index (χ1) is 7.72.